The first-order chi connectivity index (χ1) is 8.79. The van der Waals surface area contributed by atoms with Crippen molar-refractivity contribution in [1.29, 1.82) is 0 Å². The molecule has 2 aliphatic rings. The molecule has 0 radical (unpaired) electrons. The third kappa shape index (κ3) is 3.40. The molecule has 0 aliphatic heterocycles. The average molecular weight is 284 g/mol. The molecule has 0 saturated heterocycles. The van der Waals surface area contributed by atoms with Crippen LogP contribution in [0.1, 0.15) is 45.4 Å². The lowest BCUT2D eigenvalue weighted by atomic mass is 9.68. The Hall–Kier alpha value is -0.350. The van der Waals surface area contributed by atoms with Crippen molar-refractivity contribution in [3.8, 4) is 0 Å². The Morgan fingerprint density at radius 3 is 2.05 bits per heavy atom. The van der Waals surface area contributed by atoms with E-state index in [9.17, 15) is 22.0 Å². The van der Waals surface area contributed by atoms with E-state index in [0.29, 0.717) is 25.2 Å². The van der Waals surface area contributed by atoms with E-state index in [2.05, 4.69) is 0 Å². The molecule has 6 unspecified atom stereocenters. The lowest BCUT2D eigenvalue weighted by Crippen LogP contribution is -2.41. The molecule has 0 heterocycles. The fourth-order valence-electron chi connectivity index (χ4n) is 3.77. The molecule has 0 amide bonds. The van der Waals surface area contributed by atoms with E-state index in [1.54, 1.807) is 0 Å². The fourth-order valence-corrected chi connectivity index (χ4v) is 3.77. The van der Waals surface area contributed by atoms with Crippen LogP contribution in [0.4, 0.5) is 22.0 Å². The van der Waals surface area contributed by atoms with Crippen LogP contribution in [0.3, 0.4) is 0 Å². The van der Waals surface area contributed by atoms with Crippen LogP contribution in [0.25, 0.3) is 0 Å². The SMILES string of the molecule is CC1CCC(C2CCC(C(F)(F)F)C(F)C2)C(F)C1. The minimum Gasteiger partial charge on any atom is -0.247 e. The van der Waals surface area contributed by atoms with Gasteiger partial charge in [0.15, 0.2) is 0 Å². The van der Waals surface area contributed by atoms with Crippen molar-refractivity contribution in [2.24, 2.45) is 23.7 Å². The van der Waals surface area contributed by atoms with E-state index in [-0.39, 0.29) is 24.7 Å². The molecule has 19 heavy (non-hydrogen) atoms. The summed E-state index contributed by atoms with van der Waals surface area (Å²) in [5, 5.41) is 0. The number of hydrogen-bond acceptors (Lipinski definition) is 0. The van der Waals surface area contributed by atoms with Gasteiger partial charge in [0, 0.05) is 0 Å². The van der Waals surface area contributed by atoms with Gasteiger partial charge in [-0.1, -0.05) is 13.3 Å². The van der Waals surface area contributed by atoms with Crippen molar-refractivity contribution in [1.82, 2.24) is 0 Å². The van der Waals surface area contributed by atoms with Gasteiger partial charge in [-0.05, 0) is 49.9 Å². The second-order valence-corrected chi connectivity index (χ2v) is 6.34. The Labute approximate surface area is 110 Å². The molecule has 0 aromatic rings. The smallest absolute Gasteiger partial charge is 0.247 e. The van der Waals surface area contributed by atoms with E-state index < -0.39 is 24.4 Å². The van der Waals surface area contributed by atoms with E-state index in [1.165, 1.54) is 0 Å². The molecule has 0 spiro atoms. The standard InChI is InChI=1S/C14H21F5/c1-8-2-4-10(12(15)6-8)9-3-5-11(13(16)7-9)14(17,18)19/h8-13H,2-7H2,1H3. The third-order valence-corrected chi connectivity index (χ3v) is 4.92. The molecule has 2 saturated carbocycles. The van der Waals surface area contributed by atoms with Gasteiger partial charge < -0.3 is 0 Å². The molecule has 5 heteroatoms. The van der Waals surface area contributed by atoms with E-state index >= 15 is 0 Å². The summed E-state index contributed by atoms with van der Waals surface area (Å²) in [5.41, 5.74) is 0. The summed E-state index contributed by atoms with van der Waals surface area (Å²) < 4.78 is 65.4. The second kappa shape index (κ2) is 5.57. The Morgan fingerprint density at radius 1 is 0.842 bits per heavy atom. The maximum absolute atomic E-state index is 14.0. The molecule has 2 fully saturated rings. The van der Waals surface area contributed by atoms with Crippen LogP contribution in [-0.2, 0) is 0 Å². The van der Waals surface area contributed by atoms with E-state index in [0.717, 1.165) is 6.42 Å². The normalized spacial score (nSPS) is 45.2. The van der Waals surface area contributed by atoms with Crippen LogP contribution in [0.15, 0.2) is 0 Å². The van der Waals surface area contributed by atoms with Crippen molar-refractivity contribution >= 4 is 0 Å². The Bertz CT molecular complexity index is 301. The molecule has 0 nitrogen and oxygen atoms in total. The minimum atomic E-state index is -4.46. The summed E-state index contributed by atoms with van der Waals surface area (Å²) in [6.45, 7) is 1.99. The molecule has 0 bridgehead atoms. The fraction of sp³-hybridized carbons (Fsp3) is 1.00. The molecule has 2 aliphatic carbocycles. The summed E-state index contributed by atoms with van der Waals surface area (Å²) >= 11 is 0. The van der Waals surface area contributed by atoms with Crippen molar-refractivity contribution in [2.75, 3.05) is 0 Å². The van der Waals surface area contributed by atoms with Gasteiger partial charge in [-0.25, -0.2) is 8.78 Å². The predicted octanol–water partition coefficient (Wildman–Crippen LogP) is 5.08. The van der Waals surface area contributed by atoms with Crippen molar-refractivity contribution < 1.29 is 22.0 Å². The highest BCUT2D eigenvalue weighted by molar-refractivity contribution is 4.90. The molecular formula is C14H21F5. The summed E-state index contributed by atoms with van der Waals surface area (Å²) in [5.74, 6) is -1.96. The quantitative estimate of drug-likeness (QED) is 0.589. The van der Waals surface area contributed by atoms with Crippen LogP contribution in [0, 0.1) is 23.7 Å². The first-order valence-corrected chi connectivity index (χ1v) is 7.14. The lowest BCUT2D eigenvalue weighted by molar-refractivity contribution is -0.203. The van der Waals surface area contributed by atoms with Crippen LogP contribution in [0.2, 0.25) is 0 Å². The topological polar surface area (TPSA) is 0 Å². The summed E-state index contributed by atoms with van der Waals surface area (Å²) in [7, 11) is 0. The number of hydrogen-bond donors (Lipinski definition) is 0. The molecule has 112 valence electrons. The average Bonchev–Trinajstić information content (AvgIpc) is 2.26. The second-order valence-electron chi connectivity index (χ2n) is 6.34. The van der Waals surface area contributed by atoms with Crippen LogP contribution < -0.4 is 0 Å². The highest BCUT2D eigenvalue weighted by atomic mass is 19.4. The highest BCUT2D eigenvalue weighted by Gasteiger charge is 2.49. The largest absolute Gasteiger partial charge is 0.394 e. The van der Waals surface area contributed by atoms with Gasteiger partial charge in [0.2, 0.25) is 0 Å². The van der Waals surface area contributed by atoms with Gasteiger partial charge in [-0.15, -0.1) is 0 Å². The number of alkyl halides is 5. The number of halogens is 5. The monoisotopic (exact) mass is 284 g/mol. The Morgan fingerprint density at radius 2 is 1.53 bits per heavy atom. The summed E-state index contributed by atoms with van der Waals surface area (Å²) in [6, 6.07) is 0. The van der Waals surface area contributed by atoms with Gasteiger partial charge in [-0.2, -0.15) is 13.2 Å². The third-order valence-electron chi connectivity index (χ3n) is 4.92. The van der Waals surface area contributed by atoms with Gasteiger partial charge in [-0.3, -0.25) is 0 Å². The minimum absolute atomic E-state index is 0.121. The summed E-state index contributed by atoms with van der Waals surface area (Å²) in [6.07, 6.45) is -5.21. The van der Waals surface area contributed by atoms with Crippen LogP contribution in [0.5, 0.6) is 0 Å². The van der Waals surface area contributed by atoms with Gasteiger partial charge in [0.25, 0.3) is 0 Å². The van der Waals surface area contributed by atoms with Crippen molar-refractivity contribution in [3.63, 3.8) is 0 Å². The van der Waals surface area contributed by atoms with Gasteiger partial charge in [0.05, 0.1) is 5.92 Å². The van der Waals surface area contributed by atoms with Crippen molar-refractivity contribution in [2.45, 2.75) is 64.0 Å². The van der Waals surface area contributed by atoms with Gasteiger partial charge >= 0.3 is 6.18 Å². The maximum atomic E-state index is 14.0. The van der Waals surface area contributed by atoms with Crippen LogP contribution >= 0.6 is 0 Å². The molecule has 0 N–H and O–H groups in total. The predicted molar refractivity (Wildman–Crippen MR) is 63.2 cm³/mol. The molecule has 6 atom stereocenters. The summed E-state index contributed by atoms with van der Waals surface area (Å²) in [4.78, 5) is 0. The maximum Gasteiger partial charge on any atom is 0.394 e. The number of rotatable bonds is 1. The zero-order valence-corrected chi connectivity index (χ0v) is 11.1. The lowest BCUT2D eigenvalue weighted by Gasteiger charge is -2.40. The van der Waals surface area contributed by atoms with E-state index in [1.807, 2.05) is 6.92 Å². The van der Waals surface area contributed by atoms with Crippen molar-refractivity contribution in [3.05, 3.63) is 0 Å². The molecule has 2 rings (SSSR count). The first-order valence-electron chi connectivity index (χ1n) is 7.14. The highest BCUT2D eigenvalue weighted by Crippen LogP contribution is 2.47. The zero-order chi connectivity index (χ0) is 14.2. The van der Waals surface area contributed by atoms with Gasteiger partial charge in [0.1, 0.15) is 12.3 Å². The Balaban J connectivity index is 1.95. The molecular weight excluding hydrogens is 263 g/mol. The van der Waals surface area contributed by atoms with E-state index in [4.69, 9.17) is 0 Å². The first kappa shape index (κ1) is 15.0. The zero-order valence-electron chi connectivity index (χ0n) is 11.1. The molecule has 0 aromatic carbocycles. The Kier molecular flexibility index (Phi) is 4.41. The van der Waals surface area contributed by atoms with Crippen LogP contribution in [-0.4, -0.2) is 18.5 Å². The molecule has 0 aromatic heterocycles.